The lowest BCUT2D eigenvalue weighted by molar-refractivity contribution is 1.15. The SMILES string of the molecule is [C-]#[N+]c1ccc(-c2c3ccccc3c(-c3cc(-c4ccccc4)n4c(n3)nc3ccccc34)c3ccccc23)cc1. The van der Waals surface area contributed by atoms with E-state index in [0.29, 0.717) is 11.5 Å². The van der Waals surface area contributed by atoms with Crippen LogP contribution in [0.1, 0.15) is 0 Å². The molecule has 0 aliphatic heterocycles. The highest BCUT2D eigenvalue weighted by molar-refractivity contribution is 6.21. The van der Waals surface area contributed by atoms with Crippen molar-refractivity contribution in [3.8, 4) is 33.6 Å². The fourth-order valence-electron chi connectivity index (χ4n) is 6.03. The van der Waals surface area contributed by atoms with Crippen molar-refractivity contribution in [2.45, 2.75) is 0 Å². The second-order valence-electron chi connectivity index (χ2n) is 10.1. The molecule has 0 saturated carbocycles. The molecule has 8 aromatic rings. The number of para-hydroxylation sites is 2. The van der Waals surface area contributed by atoms with E-state index in [1.807, 2.05) is 36.4 Å². The molecule has 0 bridgehead atoms. The van der Waals surface area contributed by atoms with Crippen molar-refractivity contribution in [1.29, 1.82) is 0 Å². The van der Waals surface area contributed by atoms with Crippen molar-refractivity contribution in [2.75, 3.05) is 0 Å². The molecule has 4 heteroatoms. The quantitative estimate of drug-likeness (QED) is 0.171. The summed E-state index contributed by atoms with van der Waals surface area (Å²) < 4.78 is 2.16. The van der Waals surface area contributed by atoms with Crippen LogP contribution in [0, 0.1) is 6.57 Å². The zero-order valence-electron chi connectivity index (χ0n) is 22.0. The number of rotatable bonds is 3. The molecular formula is C37H22N4. The lowest BCUT2D eigenvalue weighted by Crippen LogP contribution is -1.99. The summed E-state index contributed by atoms with van der Waals surface area (Å²) in [5, 5.41) is 4.55. The van der Waals surface area contributed by atoms with Crippen molar-refractivity contribution in [2.24, 2.45) is 0 Å². The largest absolute Gasteiger partial charge is 0.276 e. The van der Waals surface area contributed by atoms with Crippen LogP contribution in [-0.2, 0) is 0 Å². The van der Waals surface area contributed by atoms with E-state index in [9.17, 15) is 0 Å². The number of fused-ring (bicyclic) bond motifs is 5. The van der Waals surface area contributed by atoms with Crippen LogP contribution in [0.4, 0.5) is 5.69 Å². The Kier molecular flexibility index (Phi) is 5.16. The van der Waals surface area contributed by atoms with Gasteiger partial charge in [0.25, 0.3) is 0 Å². The minimum Gasteiger partial charge on any atom is -0.276 e. The first-order valence-corrected chi connectivity index (χ1v) is 13.6. The minimum atomic E-state index is 0.636. The maximum atomic E-state index is 7.39. The summed E-state index contributed by atoms with van der Waals surface area (Å²) in [4.78, 5) is 13.8. The van der Waals surface area contributed by atoms with Crippen molar-refractivity contribution < 1.29 is 0 Å². The third-order valence-electron chi connectivity index (χ3n) is 7.82. The predicted octanol–water partition coefficient (Wildman–Crippen LogP) is 9.74. The molecule has 6 aromatic carbocycles. The molecule has 0 fully saturated rings. The van der Waals surface area contributed by atoms with Crippen LogP contribution in [0.3, 0.4) is 0 Å². The number of hydrogen-bond donors (Lipinski definition) is 0. The highest BCUT2D eigenvalue weighted by atomic mass is 15.1. The molecule has 0 aliphatic carbocycles. The smallest absolute Gasteiger partial charge is 0.235 e. The van der Waals surface area contributed by atoms with Crippen LogP contribution in [0.2, 0.25) is 0 Å². The molecule has 0 atom stereocenters. The van der Waals surface area contributed by atoms with E-state index in [4.69, 9.17) is 16.5 Å². The van der Waals surface area contributed by atoms with E-state index in [1.165, 1.54) is 0 Å². The molecule has 0 radical (unpaired) electrons. The summed E-state index contributed by atoms with van der Waals surface area (Å²) in [5.74, 6) is 0.675. The molecule has 4 nitrogen and oxygen atoms in total. The van der Waals surface area contributed by atoms with Crippen molar-refractivity contribution in [3.63, 3.8) is 0 Å². The summed E-state index contributed by atoms with van der Waals surface area (Å²) >= 11 is 0. The molecule has 0 saturated heterocycles. The standard InChI is InChI=1S/C37H22N4/c1-38-26-21-19-25(20-22-26)35-27-13-5-7-15-29(27)36(30-16-8-6-14-28(30)35)32-23-34(24-11-3-2-4-12-24)41-33-18-10-9-17-31(33)39-37(41)40-32/h2-23H. The summed E-state index contributed by atoms with van der Waals surface area (Å²) in [7, 11) is 0. The lowest BCUT2D eigenvalue weighted by atomic mass is 9.87. The highest BCUT2D eigenvalue weighted by Gasteiger charge is 2.20. The third-order valence-corrected chi connectivity index (χ3v) is 7.82. The molecule has 0 amide bonds. The zero-order valence-corrected chi connectivity index (χ0v) is 22.0. The molecule has 41 heavy (non-hydrogen) atoms. The fraction of sp³-hybridized carbons (Fsp3) is 0. The number of imidazole rings is 1. The Morgan fingerprint density at radius 2 is 1.12 bits per heavy atom. The zero-order chi connectivity index (χ0) is 27.3. The van der Waals surface area contributed by atoms with Gasteiger partial charge in [-0.3, -0.25) is 4.40 Å². The van der Waals surface area contributed by atoms with E-state index in [-0.39, 0.29) is 0 Å². The molecular weight excluding hydrogens is 500 g/mol. The second kappa shape index (κ2) is 9.15. The predicted molar refractivity (Wildman–Crippen MR) is 168 cm³/mol. The van der Waals surface area contributed by atoms with Crippen molar-refractivity contribution in [1.82, 2.24) is 14.4 Å². The Morgan fingerprint density at radius 1 is 0.537 bits per heavy atom. The number of benzene rings is 6. The van der Waals surface area contributed by atoms with Gasteiger partial charge in [0.1, 0.15) is 0 Å². The van der Waals surface area contributed by atoms with Crippen LogP contribution in [-0.4, -0.2) is 14.4 Å². The van der Waals surface area contributed by atoms with Gasteiger partial charge in [-0.2, -0.15) is 0 Å². The normalized spacial score (nSPS) is 11.4. The van der Waals surface area contributed by atoms with Crippen molar-refractivity contribution >= 4 is 44.0 Å². The Hall–Kier alpha value is -5.79. The van der Waals surface area contributed by atoms with E-state index in [0.717, 1.165) is 66.2 Å². The first-order valence-electron chi connectivity index (χ1n) is 13.6. The molecule has 0 N–H and O–H groups in total. The molecule has 0 spiro atoms. The maximum Gasteiger partial charge on any atom is 0.235 e. The van der Waals surface area contributed by atoms with E-state index in [2.05, 4.69) is 106 Å². The molecule has 2 heterocycles. The van der Waals surface area contributed by atoms with Crippen LogP contribution in [0.5, 0.6) is 0 Å². The van der Waals surface area contributed by atoms with Gasteiger partial charge in [0.2, 0.25) is 5.78 Å². The monoisotopic (exact) mass is 522 g/mol. The van der Waals surface area contributed by atoms with Gasteiger partial charge < -0.3 is 0 Å². The van der Waals surface area contributed by atoms with Gasteiger partial charge in [-0.15, -0.1) is 0 Å². The first-order chi connectivity index (χ1) is 20.3. The Morgan fingerprint density at radius 3 is 1.78 bits per heavy atom. The minimum absolute atomic E-state index is 0.636. The Labute approximate surface area is 236 Å². The molecule has 2 aromatic heterocycles. The van der Waals surface area contributed by atoms with Gasteiger partial charge in [-0.25, -0.2) is 14.8 Å². The van der Waals surface area contributed by atoms with Crippen LogP contribution < -0.4 is 0 Å². The summed E-state index contributed by atoms with van der Waals surface area (Å²) in [6, 6.07) is 45.8. The molecule has 190 valence electrons. The summed E-state index contributed by atoms with van der Waals surface area (Å²) in [5.41, 5.74) is 8.96. The first kappa shape index (κ1) is 23.1. The third kappa shape index (κ3) is 3.61. The van der Waals surface area contributed by atoms with Gasteiger partial charge in [0, 0.05) is 5.56 Å². The van der Waals surface area contributed by atoms with Gasteiger partial charge in [0.05, 0.1) is 29.0 Å². The second-order valence-corrected chi connectivity index (χ2v) is 10.1. The number of aromatic nitrogens is 3. The molecule has 0 aliphatic rings. The van der Waals surface area contributed by atoms with Crippen LogP contribution >= 0.6 is 0 Å². The average molecular weight is 523 g/mol. The fourth-order valence-corrected chi connectivity index (χ4v) is 6.03. The maximum absolute atomic E-state index is 7.39. The van der Waals surface area contributed by atoms with Gasteiger partial charge >= 0.3 is 0 Å². The van der Waals surface area contributed by atoms with Gasteiger partial charge in [0.15, 0.2) is 5.69 Å². The topological polar surface area (TPSA) is 34.5 Å². The Balaban J connectivity index is 1.51. The highest BCUT2D eigenvalue weighted by Crippen LogP contribution is 2.44. The van der Waals surface area contributed by atoms with Gasteiger partial charge in [-0.1, -0.05) is 115 Å². The van der Waals surface area contributed by atoms with E-state index in [1.54, 1.807) is 0 Å². The lowest BCUT2D eigenvalue weighted by Gasteiger charge is -2.18. The van der Waals surface area contributed by atoms with Crippen LogP contribution in [0.25, 0.3) is 76.8 Å². The van der Waals surface area contributed by atoms with Crippen molar-refractivity contribution in [3.05, 3.63) is 145 Å². The number of hydrogen-bond acceptors (Lipinski definition) is 2. The summed E-state index contributed by atoms with van der Waals surface area (Å²) in [6.45, 7) is 7.39. The summed E-state index contributed by atoms with van der Waals surface area (Å²) in [6.07, 6.45) is 0. The average Bonchev–Trinajstić information content (AvgIpc) is 3.42. The molecule has 0 unspecified atom stereocenters. The van der Waals surface area contributed by atoms with E-state index < -0.39 is 0 Å². The molecule has 8 rings (SSSR count). The number of nitrogens with zero attached hydrogens (tertiary/aromatic N) is 4. The van der Waals surface area contributed by atoms with Crippen LogP contribution in [0.15, 0.2) is 133 Å². The van der Waals surface area contributed by atoms with E-state index >= 15 is 0 Å². The Bertz CT molecular complexity index is 2250. The van der Waals surface area contributed by atoms with Gasteiger partial charge in [-0.05, 0) is 56.4 Å².